The number of hydrogen-bond donors (Lipinski definition) is 2. The van der Waals surface area contributed by atoms with Crippen LogP contribution in [0.5, 0.6) is 0 Å². The maximum absolute atomic E-state index is 7.30. The maximum atomic E-state index is 7.30. The Morgan fingerprint density at radius 2 is 1.89 bits per heavy atom. The van der Waals surface area contributed by atoms with E-state index in [1.807, 2.05) is 0 Å². The van der Waals surface area contributed by atoms with Crippen molar-refractivity contribution in [2.45, 2.75) is 44.6 Å². The van der Waals surface area contributed by atoms with Crippen molar-refractivity contribution in [2.24, 2.45) is 5.73 Å². The number of anilines is 1. The molecule has 3 N–H and O–H groups in total. The van der Waals surface area contributed by atoms with Crippen LogP contribution in [0.15, 0.2) is 12.4 Å². The first-order chi connectivity index (χ1) is 8.68. The monoisotopic (exact) mass is 247 g/mol. The molecule has 1 heterocycles. The smallest absolute Gasteiger partial charge is 0.147 e. The lowest BCUT2D eigenvalue weighted by atomic mass is 10.1. The third-order valence-electron chi connectivity index (χ3n) is 3.65. The molecule has 98 valence electrons. The fourth-order valence-electron chi connectivity index (χ4n) is 2.47. The third-order valence-corrected chi connectivity index (χ3v) is 3.65. The molecule has 0 bridgehead atoms. The first-order valence-electron chi connectivity index (χ1n) is 6.58. The standard InChI is InChI=1S/C13H21N5/c1-18(10-6-4-2-3-5-7-10)12-9-16-11(8-17-12)13(14)15/h8-10H,2-7H2,1H3,(H3,14,15). The summed E-state index contributed by atoms with van der Waals surface area (Å²) in [5.41, 5.74) is 5.81. The van der Waals surface area contributed by atoms with E-state index in [1.54, 1.807) is 12.4 Å². The lowest BCUT2D eigenvalue weighted by Crippen LogP contribution is -2.32. The summed E-state index contributed by atoms with van der Waals surface area (Å²) in [5.74, 6) is 0.832. The van der Waals surface area contributed by atoms with Gasteiger partial charge in [-0.15, -0.1) is 0 Å². The molecule has 1 aromatic heterocycles. The van der Waals surface area contributed by atoms with Gasteiger partial charge in [0.25, 0.3) is 0 Å². The van der Waals surface area contributed by atoms with Crippen LogP contribution < -0.4 is 10.6 Å². The SMILES string of the molecule is CN(c1cnc(C(=N)N)cn1)C1CCCCCC1. The molecule has 0 spiro atoms. The van der Waals surface area contributed by atoms with Crippen LogP contribution in [0.3, 0.4) is 0 Å². The Morgan fingerprint density at radius 1 is 1.22 bits per heavy atom. The average Bonchev–Trinajstić information content (AvgIpc) is 2.67. The largest absolute Gasteiger partial charge is 0.382 e. The Labute approximate surface area is 108 Å². The van der Waals surface area contributed by atoms with Crippen molar-refractivity contribution in [1.29, 1.82) is 5.41 Å². The van der Waals surface area contributed by atoms with E-state index in [2.05, 4.69) is 21.9 Å². The van der Waals surface area contributed by atoms with Gasteiger partial charge in [0.15, 0.2) is 0 Å². The van der Waals surface area contributed by atoms with Gasteiger partial charge in [-0.05, 0) is 12.8 Å². The number of nitrogens with one attached hydrogen (secondary N) is 1. The molecule has 1 saturated carbocycles. The van der Waals surface area contributed by atoms with Crippen LogP contribution in [-0.4, -0.2) is 28.9 Å². The number of amidine groups is 1. The van der Waals surface area contributed by atoms with E-state index in [0.717, 1.165) is 5.82 Å². The Morgan fingerprint density at radius 3 is 2.39 bits per heavy atom. The molecule has 18 heavy (non-hydrogen) atoms. The van der Waals surface area contributed by atoms with Crippen molar-refractivity contribution in [3.8, 4) is 0 Å². The van der Waals surface area contributed by atoms with Crippen LogP contribution in [0.1, 0.15) is 44.2 Å². The number of rotatable bonds is 3. The average molecular weight is 247 g/mol. The summed E-state index contributed by atoms with van der Waals surface area (Å²) in [6.45, 7) is 0. The molecule has 0 radical (unpaired) electrons. The van der Waals surface area contributed by atoms with Gasteiger partial charge in [-0.2, -0.15) is 0 Å². The van der Waals surface area contributed by atoms with E-state index in [-0.39, 0.29) is 5.84 Å². The van der Waals surface area contributed by atoms with Crippen LogP contribution >= 0.6 is 0 Å². The lowest BCUT2D eigenvalue weighted by Gasteiger charge is -2.27. The molecule has 0 aliphatic heterocycles. The molecular formula is C13H21N5. The number of hydrogen-bond acceptors (Lipinski definition) is 4. The number of nitrogen functional groups attached to an aromatic ring is 1. The molecule has 1 aliphatic rings. The summed E-state index contributed by atoms with van der Waals surface area (Å²) in [6.07, 6.45) is 11.0. The highest BCUT2D eigenvalue weighted by Gasteiger charge is 2.18. The highest BCUT2D eigenvalue weighted by Crippen LogP contribution is 2.23. The zero-order valence-corrected chi connectivity index (χ0v) is 10.9. The highest BCUT2D eigenvalue weighted by molar-refractivity contribution is 5.92. The maximum Gasteiger partial charge on any atom is 0.147 e. The van der Waals surface area contributed by atoms with Crippen molar-refractivity contribution >= 4 is 11.7 Å². The highest BCUT2D eigenvalue weighted by atomic mass is 15.2. The fraction of sp³-hybridized carbons (Fsp3) is 0.615. The molecule has 1 aliphatic carbocycles. The van der Waals surface area contributed by atoms with Gasteiger partial charge < -0.3 is 10.6 Å². The van der Waals surface area contributed by atoms with Crippen molar-refractivity contribution in [3.63, 3.8) is 0 Å². The summed E-state index contributed by atoms with van der Waals surface area (Å²) in [6, 6.07) is 0.560. The lowest BCUT2D eigenvalue weighted by molar-refractivity contribution is 0.548. The van der Waals surface area contributed by atoms with Gasteiger partial charge in [0.2, 0.25) is 0 Å². The molecule has 0 atom stereocenters. The van der Waals surface area contributed by atoms with E-state index >= 15 is 0 Å². The summed E-state index contributed by atoms with van der Waals surface area (Å²) in [4.78, 5) is 10.7. The molecule has 2 rings (SSSR count). The van der Waals surface area contributed by atoms with Crippen molar-refractivity contribution in [2.75, 3.05) is 11.9 Å². The second-order valence-electron chi connectivity index (χ2n) is 4.93. The van der Waals surface area contributed by atoms with Gasteiger partial charge in [0.1, 0.15) is 17.3 Å². The molecular weight excluding hydrogens is 226 g/mol. The Hall–Kier alpha value is -1.65. The van der Waals surface area contributed by atoms with Crippen LogP contribution in [0, 0.1) is 5.41 Å². The summed E-state index contributed by atoms with van der Waals surface area (Å²) in [7, 11) is 2.08. The predicted molar refractivity (Wildman–Crippen MR) is 72.9 cm³/mol. The molecule has 5 nitrogen and oxygen atoms in total. The molecule has 1 aromatic rings. The van der Waals surface area contributed by atoms with E-state index in [0.29, 0.717) is 11.7 Å². The van der Waals surface area contributed by atoms with E-state index in [1.165, 1.54) is 38.5 Å². The Balaban J connectivity index is 2.07. The molecule has 1 fully saturated rings. The molecule has 0 aromatic carbocycles. The molecule has 5 heteroatoms. The predicted octanol–water partition coefficient (Wildman–Crippen LogP) is 1.92. The van der Waals surface area contributed by atoms with Crippen molar-refractivity contribution in [1.82, 2.24) is 9.97 Å². The third kappa shape index (κ3) is 2.97. The van der Waals surface area contributed by atoms with Gasteiger partial charge in [-0.3, -0.25) is 5.41 Å². The van der Waals surface area contributed by atoms with Crippen LogP contribution in [0.4, 0.5) is 5.82 Å². The quantitative estimate of drug-likeness (QED) is 0.486. The van der Waals surface area contributed by atoms with Crippen LogP contribution in [0.25, 0.3) is 0 Å². The Bertz CT molecular complexity index is 392. The minimum absolute atomic E-state index is 0.0360. The summed E-state index contributed by atoms with van der Waals surface area (Å²) >= 11 is 0. The molecule has 0 saturated heterocycles. The second-order valence-corrected chi connectivity index (χ2v) is 4.93. The van der Waals surface area contributed by atoms with Crippen molar-refractivity contribution < 1.29 is 0 Å². The summed E-state index contributed by atoms with van der Waals surface area (Å²) in [5, 5.41) is 7.30. The number of nitrogens with two attached hydrogens (primary N) is 1. The van der Waals surface area contributed by atoms with Crippen LogP contribution in [-0.2, 0) is 0 Å². The van der Waals surface area contributed by atoms with E-state index in [9.17, 15) is 0 Å². The first kappa shape index (κ1) is 12.8. The normalized spacial score (nSPS) is 17.2. The van der Waals surface area contributed by atoms with Crippen LogP contribution in [0.2, 0.25) is 0 Å². The van der Waals surface area contributed by atoms with Gasteiger partial charge in [-0.25, -0.2) is 9.97 Å². The topological polar surface area (TPSA) is 78.9 Å². The minimum Gasteiger partial charge on any atom is -0.382 e. The molecule has 0 amide bonds. The zero-order valence-electron chi connectivity index (χ0n) is 10.9. The second kappa shape index (κ2) is 5.80. The first-order valence-corrected chi connectivity index (χ1v) is 6.58. The van der Waals surface area contributed by atoms with Gasteiger partial charge in [-0.1, -0.05) is 25.7 Å². The zero-order chi connectivity index (χ0) is 13.0. The van der Waals surface area contributed by atoms with Gasteiger partial charge in [0, 0.05) is 13.1 Å². The molecule has 0 unspecified atom stereocenters. The summed E-state index contributed by atoms with van der Waals surface area (Å²) < 4.78 is 0. The van der Waals surface area contributed by atoms with E-state index < -0.39 is 0 Å². The van der Waals surface area contributed by atoms with E-state index in [4.69, 9.17) is 11.1 Å². The Kier molecular flexibility index (Phi) is 4.12. The van der Waals surface area contributed by atoms with Gasteiger partial charge in [0.05, 0.1) is 12.4 Å². The van der Waals surface area contributed by atoms with Gasteiger partial charge >= 0.3 is 0 Å². The fourth-order valence-corrected chi connectivity index (χ4v) is 2.47. The number of aromatic nitrogens is 2. The number of nitrogens with zero attached hydrogens (tertiary/aromatic N) is 3. The minimum atomic E-state index is -0.0360. The van der Waals surface area contributed by atoms with Crippen molar-refractivity contribution in [3.05, 3.63) is 18.1 Å².